The van der Waals surface area contributed by atoms with Gasteiger partial charge in [-0.05, 0) is 71.8 Å². The first-order valence-electron chi connectivity index (χ1n) is 14.1. The van der Waals surface area contributed by atoms with Gasteiger partial charge >= 0.3 is 0 Å². The average molecular weight is 584 g/mol. The molecule has 4 aromatic rings. The van der Waals surface area contributed by atoms with Crippen LogP contribution in [0.15, 0.2) is 65.8 Å². The average Bonchev–Trinajstić information content (AvgIpc) is 3.41. The molecule has 3 aromatic carbocycles. The normalized spacial score (nSPS) is 14.4. The van der Waals surface area contributed by atoms with Crippen molar-refractivity contribution in [1.82, 2.24) is 20.2 Å². The Kier molecular flexibility index (Phi) is 8.68. The standard InChI is InChI=1S/C33H34FN5O4/c1-19-23(21-13-28(34)26(30(14-21)43-4)16-35-15-22-11-12-31(40)37-22)7-5-8-24(19)25-9-6-10-29(20(25)2)38-32(41)27-17-36-18-39(3)33(27)42/h5-10,13-14,17-18,22,35H,11-12,15-16H2,1-4H3,(H,37,40)(H,38,41)/t22-/m0/s1. The van der Waals surface area contributed by atoms with Gasteiger partial charge in [0, 0.05) is 50.0 Å². The smallest absolute Gasteiger partial charge is 0.265 e. The number of aryl methyl sites for hydroxylation is 1. The maximum Gasteiger partial charge on any atom is 0.265 e. The zero-order valence-electron chi connectivity index (χ0n) is 24.6. The molecule has 5 rings (SSSR count). The number of carbonyl (C=O) groups is 2. The molecule has 43 heavy (non-hydrogen) atoms. The van der Waals surface area contributed by atoms with Crippen LogP contribution >= 0.6 is 0 Å². The summed E-state index contributed by atoms with van der Waals surface area (Å²) < 4.78 is 22.3. The van der Waals surface area contributed by atoms with Crippen LogP contribution in [0.5, 0.6) is 5.75 Å². The molecule has 0 saturated carbocycles. The van der Waals surface area contributed by atoms with Gasteiger partial charge in [0.2, 0.25) is 5.91 Å². The van der Waals surface area contributed by atoms with Crippen LogP contribution in [0.1, 0.15) is 39.9 Å². The number of hydrogen-bond donors (Lipinski definition) is 3. The Labute approximate surface area is 249 Å². The molecule has 1 aromatic heterocycles. The first-order chi connectivity index (χ1) is 20.7. The third-order valence-corrected chi connectivity index (χ3v) is 7.91. The summed E-state index contributed by atoms with van der Waals surface area (Å²) in [4.78, 5) is 40.7. The quantitative estimate of drug-likeness (QED) is 0.267. The molecular formula is C33H34FN5O4. The number of aromatic nitrogens is 2. The fraction of sp³-hybridized carbons (Fsp3) is 0.273. The van der Waals surface area contributed by atoms with Crippen LogP contribution < -0.4 is 26.2 Å². The van der Waals surface area contributed by atoms with Crippen molar-refractivity contribution in [3.05, 3.63) is 99.5 Å². The van der Waals surface area contributed by atoms with Crippen LogP contribution in [0.25, 0.3) is 22.3 Å². The predicted molar refractivity (Wildman–Crippen MR) is 164 cm³/mol. The van der Waals surface area contributed by atoms with Crippen LogP contribution in [-0.2, 0) is 18.4 Å². The molecule has 0 radical (unpaired) electrons. The molecule has 1 aliphatic rings. The number of nitrogens with one attached hydrogen (secondary N) is 3. The Bertz CT molecular complexity index is 1770. The maximum atomic E-state index is 15.5. The minimum absolute atomic E-state index is 0.0426. The van der Waals surface area contributed by atoms with Crippen molar-refractivity contribution in [3.8, 4) is 28.0 Å². The lowest BCUT2D eigenvalue weighted by Crippen LogP contribution is -2.35. The Morgan fingerprint density at radius 2 is 1.81 bits per heavy atom. The molecule has 0 unspecified atom stereocenters. The van der Waals surface area contributed by atoms with Crippen LogP contribution in [0.2, 0.25) is 0 Å². The fourth-order valence-corrected chi connectivity index (χ4v) is 5.48. The van der Waals surface area contributed by atoms with E-state index in [0.717, 1.165) is 34.2 Å². The number of methoxy groups -OCH3 is 1. The van der Waals surface area contributed by atoms with Gasteiger partial charge in [-0.1, -0.05) is 30.3 Å². The van der Waals surface area contributed by atoms with Gasteiger partial charge in [-0.3, -0.25) is 14.4 Å². The van der Waals surface area contributed by atoms with Gasteiger partial charge < -0.3 is 25.3 Å². The van der Waals surface area contributed by atoms with Crippen molar-refractivity contribution >= 4 is 17.5 Å². The third-order valence-electron chi connectivity index (χ3n) is 7.91. The van der Waals surface area contributed by atoms with Gasteiger partial charge in [0.25, 0.3) is 11.5 Å². The molecule has 0 spiro atoms. The number of amides is 2. The van der Waals surface area contributed by atoms with E-state index in [1.54, 1.807) is 13.1 Å². The van der Waals surface area contributed by atoms with E-state index >= 15 is 4.39 Å². The lowest BCUT2D eigenvalue weighted by Gasteiger charge is -2.18. The number of carbonyl (C=O) groups excluding carboxylic acids is 2. The SMILES string of the molecule is COc1cc(-c2cccc(-c3cccc(NC(=O)c4cncn(C)c4=O)c3C)c2C)cc(F)c1CNC[C@@H]1CCC(=O)N1. The molecule has 10 heteroatoms. The Morgan fingerprint density at radius 1 is 1.09 bits per heavy atom. The monoisotopic (exact) mass is 583 g/mol. The van der Waals surface area contributed by atoms with Gasteiger partial charge in [0.1, 0.15) is 17.1 Å². The number of ether oxygens (including phenoxy) is 1. The highest BCUT2D eigenvalue weighted by Crippen LogP contribution is 2.37. The minimum atomic E-state index is -0.537. The zero-order chi connectivity index (χ0) is 30.7. The first-order valence-corrected chi connectivity index (χ1v) is 14.1. The molecule has 0 aliphatic carbocycles. The van der Waals surface area contributed by atoms with Gasteiger partial charge in [0.15, 0.2) is 0 Å². The van der Waals surface area contributed by atoms with Crippen LogP contribution in [0.4, 0.5) is 10.1 Å². The van der Waals surface area contributed by atoms with E-state index in [-0.39, 0.29) is 29.9 Å². The lowest BCUT2D eigenvalue weighted by atomic mass is 9.90. The van der Waals surface area contributed by atoms with Crippen molar-refractivity contribution in [2.75, 3.05) is 19.0 Å². The number of halogens is 1. The van der Waals surface area contributed by atoms with E-state index in [1.807, 2.05) is 50.2 Å². The van der Waals surface area contributed by atoms with Gasteiger partial charge in [-0.25, -0.2) is 9.37 Å². The first kappa shape index (κ1) is 29.7. The maximum absolute atomic E-state index is 15.5. The molecule has 3 N–H and O–H groups in total. The molecule has 222 valence electrons. The van der Waals surface area contributed by atoms with Crippen molar-refractivity contribution < 1.29 is 18.7 Å². The van der Waals surface area contributed by atoms with E-state index in [4.69, 9.17) is 4.74 Å². The highest BCUT2D eigenvalue weighted by atomic mass is 19.1. The van der Waals surface area contributed by atoms with Crippen LogP contribution in [-0.4, -0.2) is 41.1 Å². The zero-order valence-corrected chi connectivity index (χ0v) is 24.6. The number of nitrogens with zero attached hydrogens (tertiary/aromatic N) is 2. The molecule has 1 aliphatic heterocycles. The minimum Gasteiger partial charge on any atom is -0.496 e. The van der Waals surface area contributed by atoms with Crippen molar-refractivity contribution in [1.29, 1.82) is 0 Å². The molecule has 9 nitrogen and oxygen atoms in total. The predicted octanol–water partition coefficient (Wildman–Crippen LogP) is 4.50. The van der Waals surface area contributed by atoms with E-state index in [2.05, 4.69) is 20.9 Å². The van der Waals surface area contributed by atoms with Crippen LogP contribution in [0, 0.1) is 19.7 Å². The summed E-state index contributed by atoms with van der Waals surface area (Å²) in [6.45, 7) is 4.70. The van der Waals surface area contributed by atoms with Gasteiger partial charge in [-0.15, -0.1) is 0 Å². The number of hydrogen-bond acceptors (Lipinski definition) is 6. The van der Waals surface area contributed by atoms with E-state index in [9.17, 15) is 14.4 Å². The van der Waals surface area contributed by atoms with E-state index < -0.39 is 11.5 Å². The molecule has 0 bridgehead atoms. The molecule has 2 heterocycles. The molecule has 2 amide bonds. The van der Waals surface area contributed by atoms with Crippen LogP contribution in [0.3, 0.4) is 0 Å². The largest absolute Gasteiger partial charge is 0.496 e. The summed E-state index contributed by atoms with van der Waals surface area (Å²) in [5, 5.41) is 8.99. The second-order valence-corrected chi connectivity index (χ2v) is 10.7. The van der Waals surface area contributed by atoms with Gasteiger partial charge in [-0.2, -0.15) is 0 Å². The van der Waals surface area contributed by atoms with Crippen molar-refractivity contribution in [2.24, 2.45) is 7.05 Å². The third kappa shape index (κ3) is 6.19. The Morgan fingerprint density at radius 3 is 2.53 bits per heavy atom. The molecule has 1 saturated heterocycles. The van der Waals surface area contributed by atoms with E-state index in [0.29, 0.717) is 35.5 Å². The lowest BCUT2D eigenvalue weighted by molar-refractivity contribution is -0.119. The van der Waals surface area contributed by atoms with Gasteiger partial charge in [0.05, 0.1) is 13.4 Å². The number of anilines is 1. The summed E-state index contributed by atoms with van der Waals surface area (Å²) >= 11 is 0. The van der Waals surface area contributed by atoms with Crippen molar-refractivity contribution in [3.63, 3.8) is 0 Å². The second-order valence-electron chi connectivity index (χ2n) is 10.7. The Balaban J connectivity index is 1.42. The summed E-state index contributed by atoms with van der Waals surface area (Å²) in [5.41, 5.74) is 5.60. The summed E-state index contributed by atoms with van der Waals surface area (Å²) in [7, 11) is 3.06. The topological polar surface area (TPSA) is 114 Å². The van der Waals surface area contributed by atoms with E-state index in [1.165, 1.54) is 30.3 Å². The highest BCUT2D eigenvalue weighted by molar-refractivity contribution is 6.04. The molecular weight excluding hydrogens is 549 g/mol. The van der Waals surface area contributed by atoms with Crippen molar-refractivity contribution in [2.45, 2.75) is 39.3 Å². The molecule has 1 fully saturated rings. The summed E-state index contributed by atoms with van der Waals surface area (Å²) in [6, 6.07) is 14.8. The summed E-state index contributed by atoms with van der Waals surface area (Å²) in [6.07, 6.45) is 3.89. The number of rotatable bonds is 9. The fourth-order valence-electron chi connectivity index (χ4n) is 5.48. The Hall–Kier alpha value is -4.83. The summed E-state index contributed by atoms with van der Waals surface area (Å²) in [5.74, 6) is -0.444. The highest BCUT2D eigenvalue weighted by Gasteiger charge is 2.21. The second kappa shape index (κ2) is 12.6. The molecule has 1 atom stereocenters. The number of benzene rings is 3.